The van der Waals surface area contributed by atoms with Crippen LogP contribution in [0.5, 0.6) is 23.0 Å². The van der Waals surface area contributed by atoms with Crippen LogP contribution in [0.25, 0.3) is 17.0 Å². The normalized spacial score (nSPS) is 11.0. The SMILES string of the molecule is COc1ccc2c(C(=O)c3cc(OC)c(OC)c(OC)c3)cn(C(=O)/C=C/c3ccccc3)c2c1. The average molecular weight is 472 g/mol. The topological polar surface area (TPSA) is 76.0 Å². The van der Waals surface area contributed by atoms with Crippen LogP contribution in [0.4, 0.5) is 0 Å². The Kier molecular flexibility index (Phi) is 6.87. The Morgan fingerprint density at radius 3 is 2.09 bits per heavy atom. The third kappa shape index (κ3) is 4.61. The van der Waals surface area contributed by atoms with Crippen LogP contribution in [0.1, 0.15) is 26.3 Å². The molecular weight excluding hydrogens is 446 g/mol. The van der Waals surface area contributed by atoms with Gasteiger partial charge in [0.05, 0.1) is 34.0 Å². The predicted octanol–water partition coefficient (Wildman–Crippen LogP) is 5.26. The van der Waals surface area contributed by atoms with Gasteiger partial charge in [0.15, 0.2) is 17.3 Å². The van der Waals surface area contributed by atoms with Gasteiger partial charge < -0.3 is 18.9 Å². The Bertz CT molecular complexity index is 1390. The maximum absolute atomic E-state index is 13.6. The first kappa shape index (κ1) is 23.6. The van der Waals surface area contributed by atoms with Gasteiger partial charge in [0.25, 0.3) is 5.91 Å². The first-order chi connectivity index (χ1) is 17.0. The third-order valence-corrected chi connectivity index (χ3v) is 5.64. The van der Waals surface area contributed by atoms with E-state index in [1.165, 1.54) is 32.0 Å². The van der Waals surface area contributed by atoms with Gasteiger partial charge in [-0.1, -0.05) is 30.3 Å². The first-order valence-corrected chi connectivity index (χ1v) is 10.8. The molecule has 0 unspecified atom stereocenters. The molecule has 1 aromatic heterocycles. The van der Waals surface area contributed by atoms with Gasteiger partial charge in [-0.2, -0.15) is 0 Å². The third-order valence-electron chi connectivity index (χ3n) is 5.64. The first-order valence-electron chi connectivity index (χ1n) is 10.8. The van der Waals surface area contributed by atoms with Crippen LogP contribution in [0.2, 0.25) is 0 Å². The summed E-state index contributed by atoms with van der Waals surface area (Å²) in [7, 11) is 6.02. The van der Waals surface area contributed by atoms with Crippen molar-refractivity contribution in [1.82, 2.24) is 4.57 Å². The molecular formula is C28H25NO6. The van der Waals surface area contributed by atoms with Crippen LogP contribution in [0.15, 0.2) is 72.9 Å². The number of carbonyl (C=O) groups excluding carboxylic acids is 2. The lowest BCUT2D eigenvalue weighted by atomic mass is 10.0. The monoisotopic (exact) mass is 471 g/mol. The highest BCUT2D eigenvalue weighted by molar-refractivity contribution is 6.18. The van der Waals surface area contributed by atoms with Crippen LogP contribution in [0, 0.1) is 0 Å². The quantitative estimate of drug-likeness (QED) is 0.258. The number of rotatable bonds is 8. The van der Waals surface area contributed by atoms with E-state index in [1.54, 1.807) is 49.7 Å². The van der Waals surface area contributed by atoms with Crippen molar-refractivity contribution in [1.29, 1.82) is 0 Å². The minimum absolute atomic E-state index is 0.294. The molecule has 0 atom stereocenters. The van der Waals surface area contributed by atoms with Crippen molar-refractivity contribution >= 4 is 28.7 Å². The number of benzene rings is 3. The molecule has 0 radical (unpaired) electrons. The Hall–Kier alpha value is -4.52. The van der Waals surface area contributed by atoms with E-state index in [-0.39, 0.29) is 11.7 Å². The fourth-order valence-electron chi connectivity index (χ4n) is 3.88. The number of hydrogen-bond acceptors (Lipinski definition) is 6. The number of allylic oxidation sites excluding steroid dienone is 1. The van der Waals surface area contributed by atoms with Crippen molar-refractivity contribution in [2.75, 3.05) is 28.4 Å². The van der Waals surface area contributed by atoms with E-state index in [0.29, 0.717) is 45.0 Å². The van der Waals surface area contributed by atoms with E-state index in [0.717, 1.165) is 5.56 Å². The molecule has 0 fully saturated rings. The lowest BCUT2D eigenvalue weighted by Crippen LogP contribution is -2.06. The second-order valence-corrected chi connectivity index (χ2v) is 7.62. The smallest absolute Gasteiger partial charge is 0.255 e. The van der Waals surface area contributed by atoms with Gasteiger partial charge in [0.1, 0.15) is 5.75 Å². The van der Waals surface area contributed by atoms with Gasteiger partial charge in [0.2, 0.25) is 5.75 Å². The molecule has 0 amide bonds. The van der Waals surface area contributed by atoms with Crippen molar-refractivity contribution in [3.05, 3.63) is 89.6 Å². The lowest BCUT2D eigenvalue weighted by Gasteiger charge is -2.13. The molecule has 0 aliphatic rings. The molecule has 35 heavy (non-hydrogen) atoms. The summed E-state index contributed by atoms with van der Waals surface area (Å²) in [5.74, 6) is 1.10. The second kappa shape index (κ2) is 10.2. The largest absolute Gasteiger partial charge is 0.497 e. The maximum Gasteiger partial charge on any atom is 0.255 e. The number of methoxy groups -OCH3 is 4. The Labute approximate surface area is 203 Å². The van der Waals surface area contributed by atoms with Crippen LogP contribution in [0.3, 0.4) is 0 Å². The maximum atomic E-state index is 13.6. The number of ether oxygens (including phenoxy) is 4. The molecule has 3 aromatic carbocycles. The van der Waals surface area contributed by atoms with Crippen LogP contribution < -0.4 is 18.9 Å². The second-order valence-electron chi connectivity index (χ2n) is 7.62. The minimum Gasteiger partial charge on any atom is -0.497 e. The summed E-state index contributed by atoms with van der Waals surface area (Å²) in [6.45, 7) is 0. The van der Waals surface area contributed by atoms with Gasteiger partial charge >= 0.3 is 0 Å². The summed E-state index contributed by atoms with van der Waals surface area (Å²) in [4.78, 5) is 26.8. The zero-order valence-corrected chi connectivity index (χ0v) is 19.9. The number of nitrogens with zero attached hydrogens (tertiary/aromatic N) is 1. The van der Waals surface area contributed by atoms with Gasteiger partial charge in [-0.3, -0.25) is 14.2 Å². The highest BCUT2D eigenvalue weighted by atomic mass is 16.5. The van der Waals surface area contributed by atoms with Crippen LogP contribution in [-0.2, 0) is 0 Å². The highest BCUT2D eigenvalue weighted by Crippen LogP contribution is 2.39. The number of hydrogen-bond donors (Lipinski definition) is 0. The van der Waals surface area contributed by atoms with E-state index in [1.807, 2.05) is 30.3 Å². The molecule has 0 spiro atoms. The molecule has 178 valence electrons. The summed E-state index contributed by atoms with van der Waals surface area (Å²) in [5.41, 5.74) is 2.14. The predicted molar refractivity (Wildman–Crippen MR) is 134 cm³/mol. The summed E-state index contributed by atoms with van der Waals surface area (Å²) in [5, 5.41) is 0.617. The van der Waals surface area contributed by atoms with Crippen LogP contribution in [-0.4, -0.2) is 44.7 Å². The molecule has 0 saturated heterocycles. The summed E-state index contributed by atoms with van der Waals surface area (Å²) in [6, 6.07) is 17.9. The zero-order valence-electron chi connectivity index (χ0n) is 19.9. The number of fused-ring (bicyclic) bond motifs is 1. The van der Waals surface area contributed by atoms with E-state index in [2.05, 4.69) is 0 Å². The fourth-order valence-corrected chi connectivity index (χ4v) is 3.88. The van der Waals surface area contributed by atoms with E-state index in [4.69, 9.17) is 18.9 Å². The molecule has 4 rings (SSSR count). The Morgan fingerprint density at radius 1 is 0.800 bits per heavy atom. The van der Waals surface area contributed by atoms with Crippen molar-refractivity contribution < 1.29 is 28.5 Å². The molecule has 0 saturated carbocycles. The summed E-state index contributed by atoms with van der Waals surface area (Å²) in [6.07, 6.45) is 4.75. The van der Waals surface area contributed by atoms with Crippen molar-refractivity contribution in [3.63, 3.8) is 0 Å². The van der Waals surface area contributed by atoms with Crippen molar-refractivity contribution in [2.45, 2.75) is 0 Å². The van der Waals surface area contributed by atoms with Crippen molar-refractivity contribution in [2.24, 2.45) is 0 Å². The minimum atomic E-state index is -0.295. The van der Waals surface area contributed by atoms with Crippen LogP contribution >= 0.6 is 0 Å². The molecule has 7 nitrogen and oxygen atoms in total. The zero-order chi connectivity index (χ0) is 24.9. The Balaban J connectivity index is 1.82. The van der Waals surface area contributed by atoms with Gasteiger partial charge in [-0.15, -0.1) is 0 Å². The van der Waals surface area contributed by atoms with Crippen molar-refractivity contribution in [3.8, 4) is 23.0 Å². The van der Waals surface area contributed by atoms with E-state index in [9.17, 15) is 9.59 Å². The highest BCUT2D eigenvalue weighted by Gasteiger charge is 2.23. The fraction of sp³-hybridized carbons (Fsp3) is 0.143. The summed E-state index contributed by atoms with van der Waals surface area (Å²) >= 11 is 0. The number of carbonyl (C=O) groups is 2. The molecule has 0 N–H and O–H groups in total. The van der Waals surface area contributed by atoms with Gasteiger partial charge in [-0.25, -0.2) is 0 Å². The molecule has 4 aromatic rings. The number of aromatic nitrogens is 1. The standard InChI is InChI=1S/C28H25NO6/c1-32-20-11-12-21-22(27(31)19-14-24(33-2)28(35-4)25(15-19)34-3)17-29(23(21)16-20)26(30)13-10-18-8-6-5-7-9-18/h5-17H,1-4H3/b13-10+. The van der Waals surface area contributed by atoms with Gasteiger partial charge in [0, 0.05) is 34.9 Å². The van der Waals surface area contributed by atoms with E-state index < -0.39 is 0 Å². The Morgan fingerprint density at radius 2 is 1.49 bits per heavy atom. The molecule has 0 bridgehead atoms. The molecule has 0 aliphatic heterocycles. The lowest BCUT2D eigenvalue weighted by molar-refractivity contribution is 0.0974. The summed E-state index contributed by atoms with van der Waals surface area (Å²) < 4.78 is 23.0. The number of ketones is 1. The average Bonchev–Trinajstić information content (AvgIpc) is 3.29. The molecule has 1 heterocycles. The van der Waals surface area contributed by atoms with E-state index >= 15 is 0 Å². The van der Waals surface area contributed by atoms with Gasteiger partial charge in [-0.05, 0) is 35.9 Å². The molecule has 0 aliphatic carbocycles. The molecule has 7 heteroatoms.